The lowest BCUT2D eigenvalue weighted by Gasteiger charge is -2.34. The third-order valence-electron chi connectivity index (χ3n) is 6.44. The second-order valence-corrected chi connectivity index (χ2v) is 8.37. The number of carbonyl (C=O) groups excluding carboxylic acids is 2. The summed E-state index contributed by atoms with van der Waals surface area (Å²) in [6.45, 7) is 1.70. The van der Waals surface area contributed by atoms with Gasteiger partial charge in [-0.1, -0.05) is 73.5 Å². The Balaban J connectivity index is 1.33. The van der Waals surface area contributed by atoms with Crippen LogP contribution < -0.4 is 5.32 Å². The molecule has 1 aliphatic carbocycles. The summed E-state index contributed by atoms with van der Waals surface area (Å²) >= 11 is 0. The molecule has 1 heterocycles. The molecule has 1 atom stereocenters. The summed E-state index contributed by atoms with van der Waals surface area (Å²) in [7, 11) is 0. The molecule has 2 fully saturated rings. The highest BCUT2D eigenvalue weighted by molar-refractivity contribution is 5.88. The number of nitrogens with zero attached hydrogens (tertiary/aromatic N) is 1. The van der Waals surface area contributed by atoms with Crippen LogP contribution in [0.15, 0.2) is 60.7 Å². The zero-order valence-electron chi connectivity index (χ0n) is 17.4. The predicted octanol–water partition coefficient (Wildman–Crippen LogP) is 3.08. The fourth-order valence-corrected chi connectivity index (χ4v) is 4.69. The molecule has 2 amide bonds. The van der Waals surface area contributed by atoms with Crippen LogP contribution in [0.1, 0.15) is 36.8 Å². The second kappa shape index (κ2) is 9.43. The van der Waals surface area contributed by atoms with Gasteiger partial charge in [-0.15, -0.1) is 0 Å². The molecule has 4 rings (SSSR count). The summed E-state index contributed by atoms with van der Waals surface area (Å²) in [5, 5.41) is 3.14. The first-order chi connectivity index (χ1) is 14.7. The van der Waals surface area contributed by atoms with E-state index < -0.39 is 5.41 Å². The molecule has 158 valence electrons. The zero-order chi connectivity index (χ0) is 20.8. The lowest BCUT2D eigenvalue weighted by molar-refractivity contribution is -0.148. The van der Waals surface area contributed by atoms with Gasteiger partial charge in [0.15, 0.2) is 0 Å². The van der Waals surface area contributed by atoms with Crippen LogP contribution in [0.5, 0.6) is 0 Å². The minimum atomic E-state index is -0.432. The van der Waals surface area contributed by atoms with Gasteiger partial charge in [-0.05, 0) is 30.4 Å². The third-order valence-corrected chi connectivity index (χ3v) is 6.44. The van der Waals surface area contributed by atoms with Crippen molar-refractivity contribution in [1.82, 2.24) is 10.2 Å². The minimum absolute atomic E-state index is 0.0186. The molecular weight excluding hydrogens is 376 g/mol. The Labute approximate surface area is 178 Å². The molecule has 1 saturated heterocycles. The van der Waals surface area contributed by atoms with Gasteiger partial charge in [-0.2, -0.15) is 0 Å². The van der Waals surface area contributed by atoms with E-state index in [0.717, 1.165) is 37.7 Å². The van der Waals surface area contributed by atoms with Gasteiger partial charge < -0.3 is 15.0 Å². The van der Waals surface area contributed by atoms with Gasteiger partial charge >= 0.3 is 0 Å². The number of ether oxygens (including phenoxy) is 1. The van der Waals surface area contributed by atoms with E-state index in [1.165, 1.54) is 5.56 Å². The SMILES string of the molecule is O=C1COC(CNC(=O)C2(c3ccccc3)CCCC2)CN1CCc1ccccc1. The van der Waals surface area contributed by atoms with Crippen molar-refractivity contribution in [3.8, 4) is 0 Å². The standard InChI is InChI=1S/C25H30N2O3/c28-23-19-30-22(18-27(23)16-13-20-9-3-1-4-10-20)17-26-24(29)25(14-7-8-15-25)21-11-5-2-6-12-21/h1-6,9-12,22H,7-8,13-19H2,(H,26,29). The average Bonchev–Trinajstić information content (AvgIpc) is 3.30. The van der Waals surface area contributed by atoms with Crippen LogP contribution in [0.25, 0.3) is 0 Å². The van der Waals surface area contributed by atoms with Crippen molar-refractivity contribution in [2.45, 2.75) is 43.6 Å². The highest BCUT2D eigenvalue weighted by atomic mass is 16.5. The normalized spacial score (nSPS) is 20.9. The second-order valence-electron chi connectivity index (χ2n) is 8.37. The Morgan fingerprint density at radius 1 is 1.03 bits per heavy atom. The number of nitrogens with one attached hydrogen (secondary N) is 1. The predicted molar refractivity (Wildman–Crippen MR) is 116 cm³/mol. The largest absolute Gasteiger partial charge is 0.365 e. The number of morpholine rings is 1. The number of hydrogen-bond acceptors (Lipinski definition) is 3. The van der Waals surface area contributed by atoms with E-state index in [1.807, 2.05) is 41.3 Å². The molecule has 2 aliphatic rings. The van der Waals surface area contributed by atoms with E-state index in [1.54, 1.807) is 0 Å². The van der Waals surface area contributed by atoms with Gasteiger partial charge in [-0.25, -0.2) is 0 Å². The smallest absolute Gasteiger partial charge is 0.248 e. The van der Waals surface area contributed by atoms with Crippen molar-refractivity contribution in [3.63, 3.8) is 0 Å². The summed E-state index contributed by atoms with van der Waals surface area (Å²) < 4.78 is 5.72. The molecule has 1 unspecified atom stereocenters. The summed E-state index contributed by atoms with van der Waals surface area (Å²) in [6.07, 6.45) is 4.57. The Hall–Kier alpha value is -2.66. The third kappa shape index (κ3) is 4.57. The quantitative estimate of drug-likeness (QED) is 0.769. The summed E-state index contributed by atoms with van der Waals surface area (Å²) in [5.41, 5.74) is 1.88. The molecule has 5 heteroatoms. The van der Waals surface area contributed by atoms with E-state index in [-0.39, 0.29) is 24.5 Å². The highest BCUT2D eigenvalue weighted by Crippen LogP contribution is 2.41. The number of hydrogen-bond donors (Lipinski definition) is 1. The summed E-state index contributed by atoms with van der Waals surface area (Å²) in [5.74, 6) is 0.104. The van der Waals surface area contributed by atoms with Gasteiger partial charge in [0.05, 0.1) is 11.5 Å². The lowest BCUT2D eigenvalue weighted by Crippen LogP contribution is -2.52. The van der Waals surface area contributed by atoms with E-state index in [9.17, 15) is 9.59 Å². The first kappa shape index (κ1) is 20.6. The monoisotopic (exact) mass is 406 g/mol. The molecule has 2 aromatic rings. The van der Waals surface area contributed by atoms with Gasteiger partial charge in [0.1, 0.15) is 6.61 Å². The molecule has 1 aliphatic heterocycles. The van der Waals surface area contributed by atoms with Gasteiger partial charge in [0.2, 0.25) is 11.8 Å². The van der Waals surface area contributed by atoms with E-state index in [0.29, 0.717) is 19.6 Å². The number of carbonyl (C=O) groups is 2. The van der Waals surface area contributed by atoms with Gasteiger partial charge in [-0.3, -0.25) is 9.59 Å². The molecule has 0 radical (unpaired) electrons. The molecule has 1 saturated carbocycles. The molecule has 0 aromatic heterocycles. The maximum Gasteiger partial charge on any atom is 0.248 e. The first-order valence-electron chi connectivity index (χ1n) is 10.9. The van der Waals surface area contributed by atoms with Crippen LogP contribution >= 0.6 is 0 Å². The Morgan fingerprint density at radius 2 is 1.70 bits per heavy atom. The van der Waals surface area contributed by atoms with Crippen molar-refractivity contribution in [3.05, 3.63) is 71.8 Å². The van der Waals surface area contributed by atoms with E-state index in [2.05, 4.69) is 29.6 Å². The van der Waals surface area contributed by atoms with E-state index in [4.69, 9.17) is 4.74 Å². The maximum absolute atomic E-state index is 13.2. The lowest BCUT2D eigenvalue weighted by atomic mass is 9.78. The molecule has 0 bridgehead atoms. The van der Waals surface area contributed by atoms with Crippen molar-refractivity contribution >= 4 is 11.8 Å². The molecular formula is C25H30N2O3. The van der Waals surface area contributed by atoms with Crippen molar-refractivity contribution in [2.24, 2.45) is 0 Å². The van der Waals surface area contributed by atoms with Crippen LogP contribution in [0.4, 0.5) is 0 Å². The topological polar surface area (TPSA) is 58.6 Å². The van der Waals surface area contributed by atoms with Crippen LogP contribution in [0.2, 0.25) is 0 Å². The molecule has 5 nitrogen and oxygen atoms in total. The van der Waals surface area contributed by atoms with Crippen LogP contribution in [0.3, 0.4) is 0 Å². The number of benzene rings is 2. The minimum Gasteiger partial charge on any atom is -0.365 e. The van der Waals surface area contributed by atoms with Crippen LogP contribution in [-0.4, -0.2) is 49.1 Å². The molecule has 30 heavy (non-hydrogen) atoms. The van der Waals surface area contributed by atoms with Crippen molar-refractivity contribution in [2.75, 3.05) is 26.2 Å². The van der Waals surface area contributed by atoms with E-state index >= 15 is 0 Å². The van der Waals surface area contributed by atoms with Crippen LogP contribution in [0, 0.1) is 0 Å². The summed E-state index contributed by atoms with van der Waals surface area (Å²) in [6, 6.07) is 20.3. The first-order valence-corrected chi connectivity index (χ1v) is 10.9. The Kier molecular flexibility index (Phi) is 6.48. The van der Waals surface area contributed by atoms with Crippen molar-refractivity contribution < 1.29 is 14.3 Å². The fourth-order valence-electron chi connectivity index (χ4n) is 4.69. The number of amides is 2. The fraction of sp³-hybridized carbons (Fsp3) is 0.440. The summed E-state index contributed by atoms with van der Waals surface area (Å²) in [4.78, 5) is 27.3. The van der Waals surface area contributed by atoms with Crippen molar-refractivity contribution in [1.29, 1.82) is 0 Å². The maximum atomic E-state index is 13.2. The molecule has 1 N–H and O–H groups in total. The molecule has 0 spiro atoms. The number of rotatable bonds is 7. The molecule has 2 aromatic carbocycles. The zero-order valence-corrected chi connectivity index (χ0v) is 17.4. The van der Waals surface area contributed by atoms with Gasteiger partial charge in [0, 0.05) is 19.6 Å². The average molecular weight is 407 g/mol. The Morgan fingerprint density at radius 3 is 2.40 bits per heavy atom. The highest BCUT2D eigenvalue weighted by Gasteiger charge is 2.42. The van der Waals surface area contributed by atoms with Gasteiger partial charge in [0.25, 0.3) is 0 Å². The Bertz CT molecular complexity index is 847. The van der Waals surface area contributed by atoms with Crippen LogP contribution in [-0.2, 0) is 26.2 Å².